The fourth-order valence-electron chi connectivity index (χ4n) is 3.27. The van der Waals surface area contributed by atoms with Crippen molar-refractivity contribution in [3.05, 3.63) is 16.7 Å². The summed E-state index contributed by atoms with van der Waals surface area (Å²) in [7, 11) is -3.88. The number of aromatic nitrogens is 1. The van der Waals surface area contributed by atoms with Crippen molar-refractivity contribution < 1.29 is 17.9 Å². The summed E-state index contributed by atoms with van der Waals surface area (Å²) in [5.74, 6) is 0.0882. The van der Waals surface area contributed by atoms with E-state index >= 15 is 0 Å². The number of rotatable bonds is 4. The van der Waals surface area contributed by atoms with E-state index in [4.69, 9.17) is 14.6 Å². The molecule has 9 heteroatoms. The first-order valence-electron chi connectivity index (χ1n) is 8.10. The summed E-state index contributed by atoms with van der Waals surface area (Å²) in [4.78, 5) is 6.49. The zero-order chi connectivity index (χ0) is 17.2. The Hall–Kier alpha value is -0.740. The second kappa shape index (κ2) is 7.65. The fourth-order valence-corrected chi connectivity index (χ4v) is 4.39. The number of piperidine rings is 1. The Morgan fingerprint density at radius 3 is 2.54 bits per heavy atom. The Morgan fingerprint density at radius 1 is 1.25 bits per heavy atom. The number of pyridine rings is 1. The highest BCUT2D eigenvalue weighted by Gasteiger charge is 2.28. The van der Waals surface area contributed by atoms with Crippen LogP contribution in [0.4, 0.5) is 0 Å². The molecule has 0 aromatic carbocycles. The zero-order valence-electron chi connectivity index (χ0n) is 13.4. The van der Waals surface area contributed by atoms with Crippen LogP contribution in [-0.2, 0) is 14.8 Å². The Bertz CT molecular complexity index is 671. The molecule has 2 aliphatic heterocycles. The first-order chi connectivity index (χ1) is 11.4. The van der Waals surface area contributed by atoms with Crippen LogP contribution in [0.1, 0.15) is 25.7 Å². The molecule has 3 heterocycles. The lowest BCUT2D eigenvalue weighted by Gasteiger charge is -2.39. The van der Waals surface area contributed by atoms with E-state index in [1.165, 1.54) is 12.3 Å². The van der Waals surface area contributed by atoms with E-state index in [0.717, 1.165) is 52.0 Å². The highest BCUT2D eigenvalue weighted by molar-refractivity contribution is 9.10. The third kappa shape index (κ3) is 4.45. The number of sulfonamides is 1. The first-order valence-corrected chi connectivity index (χ1v) is 10.4. The second-order valence-corrected chi connectivity index (χ2v) is 8.64. The average Bonchev–Trinajstić information content (AvgIpc) is 2.57. The van der Waals surface area contributed by atoms with E-state index in [2.05, 4.69) is 25.8 Å². The lowest BCUT2D eigenvalue weighted by Crippen LogP contribution is -2.46. The molecule has 2 N–H and O–H groups in total. The van der Waals surface area contributed by atoms with Gasteiger partial charge in [0.05, 0.1) is 0 Å². The molecule has 134 valence electrons. The molecule has 0 bridgehead atoms. The van der Waals surface area contributed by atoms with Gasteiger partial charge in [-0.15, -0.1) is 0 Å². The fraction of sp³-hybridized carbons (Fsp3) is 0.667. The molecule has 1 aromatic rings. The number of hydrogen-bond acceptors (Lipinski definition) is 6. The van der Waals surface area contributed by atoms with Crippen LogP contribution in [0.2, 0.25) is 0 Å². The summed E-state index contributed by atoms with van der Waals surface area (Å²) < 4.78 is 35.3. The van der Waals surface area contributed by atoms with Crippen molar-refractivity contribution in [2.24, 2.45) is 5.14 Å². The summed E-state index contributed by atoms with van der Waals surface area (Å²) in [6, 6.07) is 2.01. The maximum Gasteiger partial charge on any atom is 0.243 e. The van der Waals surface area contributed by atoms with Crippen LogP contribution in [0.3, 0.4) is 0 Å². The molecule has 7 nitrogen and oxygen atoms in total. The number of nitrogens with two attached hydrogens (primary N) is 1. The van der Waals surface area contributed by atoms with E-state index in [0.29, 0.717) is 10.5 Å². The third-order valence-corrected chi connectivity index (χ3v) is 5.89. The Balaban J connectivity index is 1.62. The van der Waals surface area contributed by atoms with Gasteiger partial charge in [-0.25, -0.2) is 18.5 Å². The van der Waals surface area contributed by atoms with Gasteiger partial charge in [0.25, 0.3) is 0 Å². The molecular formula is C15H22BrN3O4S. The van der Waals surface area contributed by atoms with Gasteiger partial charge in [-0.1, -0.05) is 0 Å². The molecule has 0 saturated carbocycles. The molecule has 24 heavy (non-hydrogen) atoms. The first kappa shape index (κ1) is 18.1. The van der Waals surface area contributed by atoms with Crippen LogP contribution < -0.4 is 9.88 Å². The molecule has 2 aliphatic rings. The number of hydrogen-bond donors (Lipinski definition) is 1. The third-order valence-electron chi connectivity index (χ3n) is 4.55. The standard InChI is InChI=1S/C15H22BrN3O4S/c16-11-9-14(24(17,20)21)15(18-10-11)23-13-1-5-19(6-2-13)12-3-7-22-8-4-12/h9-10,12-13H,1-8H2,(H2,17,20,21). The highest BCUT2D eigenvalue weighted by atomic mass is 79.9. The normalized spacial score (nSPS) is 21.8. The van der Waals surface area contributed by atoms with E-state index < -0.39 is 10.0 Å². The molecular weight excluding hydrogens is 398 g/mol. The molecule has 0 radical (unpaired) electrons. The topological polar surface area (TPSA) is 94.8 Å². The predicted molar refractivity (Wildman–Crippen MR) is 92.4 cm³/mol. The van der Waals surface area contributed by atoms with Crippen molar-refractivity contribution >= 4 is 26.0 Å². The molecule has 0 atom stereocenters. The molecule has 3 rings (SSSR count). The Morgan fingerprint density at radius 2 is 1.92 bits per heavy atom. The minimum Gasteiger partial charge on any atom is -0.473 e. The van der Waals surface area contributed by atoms with Crippen molar-refractivity contribution in [2.45, 2.75) is 42.7 Å². The van der Waals surface area contributed by atoms with E-state index in [1.54, 1.807) is 0 Å². The summed E-state index contributed by atoms with van der Waals surface area (Å²) >= 11 is 3.21. The van der Waals surface area contributed by atoms with Crippen molar-refractivity contribution in [2.75, 3.05) is 26.3 Å². The molecule has 2 saturated heterocycles. The molecule has 0 aliphatic carbocycles. The summed E-state index contributed by atoms with van der Waals surface area (Å²) in [6.45, 7) is 3.55. The maximum atomic E-state index is 11.7. The summed E-state index contributed by atoms with van der Waals surface area (Å²) in [6.07, 6.45) is 5.32. The van der Waals surface area contributed by atoms with Gasteiger partial charge in [0.1, 0.15) is 11.0 Å². The number of primary sulfonamides is 1. The number of nitrogens with zero attached hydrogens (tertiary/aromatic N) is 2. The number of ether oxygens (including phenoxy) is 2. The monoisotopic (exact) mass is 419 g/mol. The average molecular weight is 420 g/mol. The molecule has 0 spiro atoms. The van der Waals surface area contributed by atoms with Crippen LogP contribution in [0.15, 0.2) is 21.6 Å². The van der Waals surface area contributed by atoms with Crippen molar-refractivity contribution in [1.82, 2.24) is 9.88 Å². The van der Waals surface area contributed by atoms with Gasteiger partial charge >= 0.3 is 0 Å². The molecule has 1 aromatic heterocycles. The van der Waals surface area contributed by atoms with Crippen molar-refractivity contribution in [3.8, 4) is 5.88 Å². The number of likely N-dealkylation sites (tertiary alicyclic amines) is 1. The summed E-state index contributed by atoms with van der Waals surface area (Å²) in [5.41, 5.74) is 0. The maximum absolute atomic E-state index is 11.7. The highest BCUT2D eigenvalue weighted by Crippen LogP contribution is 2.27. The second-order valence-electron chi connectivity index (χ2n) is 6.20. The van der Waals surface area contributed by atoms with Crippen LogP contribution in [-0.4, -0.2) is 56.8 Å². The van der Waals surface area contributed by atoms with E-state index in [9.17, 15) is 8.42 Å². The summed E-state index contributed by atoms with van der Waals surface area (Å²) in [5, 5.41) is 5.26. The Labute approximate surface area is 150 Å². The quantitative estimate of drug-likeness (QED) is 0.794. The predicted octanol–water partition coefficient (Wildman–Crippen LogP) is 1.51. The van der Waals surface area contributed by atoms with Crippen molar-refractivity contribution in [1.29, 1.82) is 0 Å². The minimum atomic E-state index is -3.88. The lowest BCUT2D eigenvalue weighted by atomic mass is 10.0. The van der Waals surface area contributed by atoms with Crippen LogP contribution in [0, 0.1) is 0 Å². The SMILES string of the molecule is NS(=O)(=O)c1cc(Br)cnc1OC1CCN(C2CCOCC2)CC1. The van der Waals surface area contributed by atoms with Gasteiger partial charge < -0.3 is 9.47 Å². The Kier molecular flexibility index (Phi) is 5.76. The van der Waals surface area contributed by atoms with Crippen molar-refractivity contribution in [3.63, 3.8) is 0 Å². The van der Waals surface area contributed by atoms with Crippen LogP contribution in [0.25, 0.3) is 0 Å². The van der Waals surface area contributed by atoms with Crippen LogP contribution in [0.5, 0.6) is 5.88 Å². The van der Waals surface area contributed by atoms with Gasteiger partial charge in [-0.3, -0.25) is 4.90 Å². The lowest BCUT2D eigenvalue weighted by molar-refractivity contribution is 0.00900. The largest absolute Gasteiger partial charge is 0.473 e. The number of halogens is 1. The van der Waals surface area contributed by atoms with Gasteiger partial charge in [-0.2, -0.15) is 0 Å². The van der Waals surface area contributed by atoms with Gasteiger partial charge in [0, 0.05) is 43.0 Å². The van der Waals surface area contributed by atoms with E-state index in [-0.39, 0.29) is 16.9 Å². The van der Waals surface area contributed by atoms with Gasteiger partial charge in [0.2, 0.25) is 15.9 Å². The van der Waals surface area contributed by atoms with Crippen LogP contribution >= 0.6 is 15.9 Å². The van der Waals surface area contributed by atoms with Gasteiger partial charge in [-0.05, 0) is 47.7 Å². The molecule has 0 amide bonds. The minimum absolute atomic E-state index is 0.0460. The smallest absolute Gasteiger partial charge is 0.243 e. The van der Waals surface area contributed by atoms with Gasteiger partial charge in [0.15, 0.2) is 0 Å². The zero-order valence-corrected chi connectivity index (χ0v) is 15.8. The molecule has 0 unspecified atom stereocenters. The van der Waals surface area contributed by atoms with E-state index in [1.807, 2.05) is 0 Å². The molecule has 2 fully saturated rings.